The molecule has 0 aliphatic heterocycles. The van der Waals surface area contributed by atoms with Gasteiger partial charge in [0, 0.05) is 31.6 Å². The summed E-state index contributed by atoms with van der Waals surface area (Å²) in [5, 5.41) is 3.99. The Morgan fingerprint density at radius 3 is 2.46 bits per heavy atom. The Kier molecular flexibility index (Phi) is 6.74. The quantitative estimate of drug-likeness (QED) is 0.538. The number of hydrogen-bond acceptors (Lipinski definition) is 9. The molecule has 3 rings (SSSR count). The zero-order valence-corrected chi connectivity index (χ0v) is 15.9. The fourth-order valence-corrected chi connectivity index (χ4v) is 2.85. The first-order chi connectivity index (χ1) is 13.1. The highest BCUT2D eigenvalue weighted by atomic mass is 16.5. The number of methoxy groups -OCH3 is 3. The summed E-state index contributed by atoms with van der Waals surface area (Å²) in [4.78, 5) is 12.6. The van der Waals surface area contributed by atoms with Crippen molar-refractivity contribution in [3.8, 4) is 11.5 Å². The van der Waals surface area contributed by atoms with Gasteiger partial charge < -0.3 is 36.5 Å². The maximum absolute atomic E-state index is 6.06. The van der Waals surface area contributed by atoms with Gasteiger partial charge >= 0.3 is 0 Å². The number of hydrogen-bond donors (Lipinski definition) is 3. The van der Waals surface area contributed by atoms with Crippen LogP contribution >= 0.6 is 0 Å². The first kappa shape index (κ1) is 20.9. The third-order valence-corrected chi connectivity index (χ3v) is 4.12. The molecule has 0 aliphatic rings. The van der Waals surface area contributed by atoms with Gasteiger partial charge in [0.2, 0.25) is 5.95 Å². The molecule has 0 fully saturated rings. The standard InChI is InChI=1S/C18H22N6O3.H2O/c1-25-9-12-10(8-22-17-15(12)16(19)23-18(20)24-17)7-21-11-4-5-13(26-2)14(6-11)27-3;/h4-6,8,21H,7,9H2,1-3H3,(H4,19,20,22,23,24);1H2. The van der Waals surface area contributed by atoms with Crippen LogP contribution in [-0.2, 0) is 17.9 Å². The third kappa shape index (κ3) is 4.13. The Balaban J connectivity index is 0.00000280. The van der Waals surface area contributed by atoms with Crippen LogP contribution in [0, 0.1) is 0 Å². The molecule has 0 aliphatic carbocycles. The highest BCUT2D eigenvalue weighted by molar-refractivity contribution is 5.90. The van der Waals surface area contributed by atoms with E-state index in [0.717, 1.165) is 16.8 Å². The first-order valence-electron chi connectivity index (χ1n) is 8.21. The fourth-order valence-electron chi connectivity index (χ4n) is 2.85. The summed E-state index contributed by atoms with van der Waals surface area (Å²) in [5.74, 6) is 1.68. The van der Waals surface area contributed by atoms with Crippen LogP contribution in [0.5, 0.6) is 11.5 Å². The number of benzene rings is 1. The molecule has 10 nitrogen and oxygen atoms in total. The lowest BCUT2D eigenvalue weighted by atomic mass is 10.1. The van der Waals surface area contributed by atoms with E-state index in [-0.39, 0.29) is 17.2 Å². The summed E-state index contributed by atoms with van der Waals surface area (Å²) in [7, 11) is 4.81. The largest absolute Gasteiger partial charge is 0.493 e. The lowest BCUT2D eigenvalue weighted by molar-refractivity contribution is 0.185. The number of pyridine rings is 1. The number of nitrogens with one attached hydrogen (secondary N) is 1. The summed E-state index contributed by atoms with van der Waals surface area (Å²) in [5.41, 5.74) is 14.8. The van der Waals surface area contributed by atoms with E-state index in [0.29, 0.717) is 35.7 Å². The lowest BCUT2D eigenvalue weighted by Gasteiger charge is -2.15. The fraction of sp³-hybridized carbons (Fsp3) is 0.278. The van der Waals surface area contributed by atoms with Crippen LogP contribution in [0.15, 0.2) is 24.4 Å². The van der Waals surface area contributed by atoms with E-state index in [1.54, 1.807) is 27.5 Å². The second kappa shape index (κ2) is 9.02. The molecule has 2 heterocycles. The minimum atomic E-state index is 0. The van der Waals surface area contributed by atoms with Crippen molar-refractivity contribution < 1.29 is 19.7 Å². The number of nitrogens with zero attached hydrogens (tertiary/aromatic N) is 3. The molecule has 0 spiro atoms. The molecule has 0 unspecified atom stereocenters. The van der Waals surface area contributed by atoms with Gasteiger partial charge in [-0.2, -0.15) is 9.97 Å². The van der Waals surface area contributed by atoms with Crippen LogP contribution in [0.4, 0.5) is 17.5 Å². The van der Waals surface area contributed by atoms with Crippen molar-refractivity contribution in [1.29, 1.82) is 0 Å². The summed E-state index contributed by atoms with van der Waals surface area (Å²) in [6, 6.07) is 5.61. The first-order valence-corrected chi connectivity index (χ1v) is 8.21. The van der Waals surface area contributed by atoms with Gasteiger partial charge in [-0.05, 0) is 23.3 Å². The smallest absolute Gasteiger partial charge is 0.224 e. The Morgan fingerprint density at radius 1 is 1.04 bits per heavy atom. The van der Waals surface area contributed by atoms with E-state index in [4.69, 9.17) is 25.7 Å². The average molecular weight is 388 g/mol. The van der Waals surface area contributed by atoms with E-state index in [1.807, 2.05) is 18.2 Å². The van der Waals surface area contributed by atoms with Crippen molar-refractivity contribution in [2.24, 2.45) is 0 Å². The van der Waals surface area contributed by atoms with Gasteiger partial charge in [-0.1, -0.05) is 0 Å². The Labute approximate surface area is 162 Å². The number of rotatable bonds is 7. The normalized spacial score (nSPS) is 10.4. The Hall–Kier alpha value is -3.37. The minimum absolute atomic E-state index is 0. The molecule has 0 bridgehead atoms. The van der Waals surface area contributed by atoms with E-state index in [2.05, 4.69) is 20.3 Å². The zero-order chi connectivity index (χ0) is 19.4. The number of anilines is 3. The van der Waals surface area contributed by atoms with Crippen LogP contribution in [0.25, 0.3) is 11.0 Å². The molecule has 2 aromatic heterocycles. The van der Waals surface area contributed by atoms with E-state index >= 15 is 0 Å². The molecule has 0 saturated carbocycles. The maximum Gasteiger partial charge on any atom is 0.224 e. The SMILES string of the molecule is COCc1c(CNc2ccc(OC)c(OC)c2)cnc2nc(N)nc(N)c12.O. The van der Waals surface area contributed by atoms with Crippen LogP contribution in [0.1, 0.15) is 11.1 Å². The van der Waals surface area contributed by atoms with Crippen molar-refractivity contribution in [3.63, 3.8) is 0 Å². The van der Waals surface area contributed by atoms with Gasteiger partial charge in [0.05, 0.1) is 26.2 Å². The molecule has 7 N–H and O–H groups in total. The zero-order valence-electron chi connectivity index (χ0n) is 15.9. The number of nitrogen functional groups attached to an aromatic ring is 2. The lowest BCUT2D eigenvalue weighted by Crippen LogP contribution is -2.09. The van der Waals surface area contributed by atoms with Gasteiger partial charge in [0.15, 0.2) is 17.1 Å². The molecular weight excluding hydrogens is 364 g/mol. The van der Waals surface area contributed by atoms with Gasteiger partial charge in [-0.25, -0.2) is 4.98 Å². The minimum Gasteiger partial charge on any atom is -0.493 e. The number of aromatic nitrogens is 3. The van der Waals surface area contributed by atoms with Crippen LogP contribution < -0.4 is 26.3 Å². The summed E-state index contributed by atoms with van der Waals surface area (Å²) in [6.07, 6.45) is 1.73. The maximum atomic E-state index is 6.06. The van der Waals surface area contributed by atoms with Gasteiger partial charge in [0.1, 0.15) is 5.82 Å². The summed E-state index contributed by atoms with van der Waals surface area (Å²) >= 11 is 0. The molecule has 0 saturated heterocycles. The van der Waals surface area contributed by atoms with E-state index < -0.39 is 0 Å². The number of nitrogens with two attached hydrogens (primary N) is 2. The van der Waals surface area contributed by atoms with Crippen LogP contribution in [0.3, 0.4) is 0 Å². The molecule has 0 radical (unpaired) electrons. The van der Waals surface area contributed by atoms with E-state index in [9.17, 15) is 0 Å². The van der Waals surface area contributed by atoms with Gasteiger partial charge in [-0.15, -0.1) is 0 Å². The van der Waals surface area contributed by atoms with Crippen molar-refractivity contribution in [1.82, 2.24) is 15.0 Å². The Bertz CT molecular complexity index is 966. The number of fused-ring (bicyclic) bond motifs is 1. The number of ether oxygens (including phenoxy) is 3. The van der Waals surface area contributed by atoms with Crippen LogP contribution in [0.2, 0.25) is 0 Å². The van der Waals surface area contributed by atoms with Crippen molar-refractivity contribution in [2.75, 3.05) is 38.1 Å². The predicted octanol–water partition coefficient (Wildman–Crippen LogP) is 1.14. The van der Waals surface area contributed by atoms with Crippen molar-refractivity contribution >= 4 is 28.5 Å². The predicted molar refractivity (Wildman–Crippen MR) is 107 cm³/mol. The highest BCUT2D eigenvalue weighted by Crippen LogP contribution is 2.30. The second-order valence-electron chi connectivity index (χ2n) is 5.78. The second-order valence-corrected chi connectivity index (χ2v) is 5.78. The van der Waals surface area contributed by atoms with Crippen molar-refractivity contribution in [3.05, 3.63) is 35.5 Å². The summed E-state index contributed by atoms with van der Waals surface area (Å²) < 4.78 is 15.9. The van der Waals surface area contributed by atoms with E-state index in [1.165, 1.54) is 0 Å². The topological polar surface area (TPSA) is 162 Å². The molecular formula is C18H24N6O4. The molecule has 10 heteroatoms. The van der Waals surface area contributed by atoms with Gasteiger partial charge in [0.25, 0.3) is 0 Å². The van der Waals surface area contributed by atoms with Crippen molar-refractivity contribution in [2.45, 2.75) is 13.2 Å². The van der Waals surface area contributed by atoms with Crippen LogP contribution in [-0.4, -0.2) is 41.8 Å². The third-order valence-electron chi connectivity index (χ3n) is 4.12. The molecule has 150 valence electrons. The monoisotopic (exact) mass is 388 g/mol. The molecule has 1 aromatic carbocycles. The molecule has 0 atom stereocenters. The average Bonchev–Trinajstić information content (AvgIpc) is 2.66. The molecule has 3 aromatic rings. The Morgan fingerprint density at radius 2 is 1.79 bits per heavy atom. The summed E-state index contributed by atoms with van der Waals surface area (Å²) in [6.45, 7) is 0.848. The molecule has 0 amide bonds. The highest BCUT2D eigenvalue weighted by Gasteiger charge is 2.15. The molecule has 28 heavy (non-hydrogen) atoms. The van der Waals surface area contributed by atoms with Gasteiger partial charge in [-0.3, -0.25) is 0 Å².